The van der Waals surface area contributed by atoms with Gasteiger partial charge in [-0.2, -0.15) is 10.2 Å². The summed E-state index contributed by atoms with van der Waals surface area (Å²) in [5.74, 6) is 2.39. The van der Waals surface area contributed by atoms with Crippen LogP contribution in [-0.2, 0) is 31.4 Å². The summed E-state index contributed by atoms with van der Waals surface area (Å²) in [6.07, 6.45) is 28.5. The van der Waals surface area contributed by atoms with Gasteiger partial charge < -0.3 is 47.5 Å². The number of nitrogens with two attached hydrogens (primary N) is 4. The second-order valence-electron chi connectivity index (χ2n) is 34.8. The molecular weight excluding hydrogens is 2260 g/mol. The maximum atomic E-state index is 12.9. The Morgan fingerprint density at radius 1 is 0.485 bits per heavy atom. The van der Waals surface area contributed by atoms with E-state index in [0.717, 1.165) is 113 Å². The molecule has 11 N–H and O–H groups in total. The van der Waals surface area contributed by atoms with Gasteiger partial charge in [-0.1, -0.05) is 180 Å². The standard InChI is InChI=1S/C22H30ClIN6OS2.C19H21Cl2IN4O4S.C19H22ClN7S.C13H26N2OS.C9H5Cl2IN4S.6CH4/c1-21(2,3)33(31)29-15-5-4-7-22(15)8-11-30(12-9-22)16-13-27-20(18(24)28-16)32-14-6-10-26-19(25)17(14)23;1-18(2,3)29-16(27)26(17(28)30-19(4,5)6)14-12(21)10(7-8-23-14)31-15-13(22)25-11(20)9-24-15;20-16-13(3-7-24-17(16)23)28-18-12(10-21)26-15(11-25-18)27-8-5-19(6-9-27)4-1-2-14(19)22;1-12(2,3)17(16)15-11-5-4-6-13(11)7-9-14-10-8-13;10-5-3-15-9(7(12)16-5)17-4-1-2-14-8(13)6(4)11;;;;;;/h6,10,13,15,29H,4-5,7-9,11-12H2,1-3H3,(H2,25,26);7-9H,1-6H3;3,7,11,14H,1-2,4-6,8-9,22H2,(H2,23,24);11,14-15H,4-10H2,1-3H3;1-3H,(H2,13,14);6*1H4/t15-,33-;;14-;11-,17-;;;;;;;/m1.11......./s1. The van der Waals surface area contributed by atoms with Crippen LogP contribution in [0.2, 0.25) is 30.4 Å². The summed E-state index contributed by atoms with van der Waals surface area (Å²) in [6, 6.07) is 10.2. The van der Waals surface area contributed by atoms with Crippen LogP contribution >= 0.6 is 184 Å². The number of carbonyl (C=O) groups excluding carboxylic acids is 2. The normalized spacial score (nSPS) is 17.9. The Kier molecular flexibility index (Phi) is 47.9. The third kappa shape index (κ3) is 32.6. The lowest BCUT2D eigenvalue weighted by Gasteiger charge is -2.44. The van der Waals surface area contributed by atoms with Crippen LogP contribution in [0.25, 0.3) is 0 Å². The monoisotopic (exact) mass is 2390 g/mol. The fourth-order valence-corrected chi connectivity index (χ4v) is 23.9. The number of piperidine rings is 3. The highest BCUT2D eigenvalue weighted by Crippen LogP contribution is 2.51. The Morgan fingerprint density at radius 3 is 1.18 bits per heavy atom. The van der Waals surface area contributed by atoms with Crippen molar-refractivity contribution in [3.05, 3.63) is 121 Å². The summed E-state index contributed by atoms with van der Waals surface area (Å²) < 4.78 is 44.3. The van der Waals surface area contributed by atoms with Gasteiger partial charge in [0.25, 0.3) is 0 Å². The number of aromatic nitrogens is 12. The quantitative estimate of drug-likeness (QED) is 0.0469. The molecule has 6 fully saturated rings. The number of nitrogens with one attached hydrogen (secondary N) is 3. The second kappa shape index (κ2) is 52.8. The van der Waals surface area contributed by atoms with Crippen LogP contribution in [0.1, 0.15) is 230 Å². The van der Waals surface area contributed by atoms with Crippen LogP contribution in [-0.4, -0.2) is 159 Å². The number of pyridine rings is 4. The predicted molar refractivity (Wildman–Crippen MR) is 575 cm³/mol. The Balaban J connectivity index is 0.000000349. The van der Waals surface area contributed by atoms with Crippen molar-refractivity contribution >= 4 is 253 Å². The van der Waals surface area contributed by atoms with Gasteiger partial charge in [0.1, 0.15) is 87.9 Å². The zero-order chi connectivity index (χ0) is 92.0. The molecule has 8 aromatic heterocycles. The van der Waals surface area contributed by atoms with Crippen LogP contribution in [0, 0.1) is 38.7 Å². The molecule has 14 rings (SSSR count). The number of imide groups is 1. The summed E-state index contributed by atoms with van der Waals surface area (Å²) in [5, 5.41) is 17.5. The van der Waals surface area contributed by atoms with Crippen LogP contribution in [0.5, 0.6) is 0 Å². The molecule has 44 heteroatoms. The molecule has 2 amide bonds. The summed E-state index contributed by atoms with van der Waals surface area (Å²) in [7, 11) is -1.96. The van der Waals surface area contributed by atoms with Crippen molar-refractivity contribution in [2.24, 2.45) is 22.0 Å². The van der Waals surface area contributed by atoms with Crippen molar-refractivity contribution < 1.29 is 27.5 Å². The lowest BCUT2D eigenvalue weighted by Crippen LogP contribution is -2.51. The third-order valence-corrected chi connectivity index (χ3v) is 34.9. The number of nitriles is 1. The van der Waals surface area contributed by atoms with E-state index in [-0.39, 0.29) is 92.4 Å². The Hall–Kier alpha value is -4.38. The van der Waals surface area contributed by atoms with Gasteiger partial charge in [-0.05, 0) is 282 Å². The first kappa shape index (κ1) is 120. The molecule has 6 aliphatic rings. The van der Waals surface area contributed by atoms with E-state index < -0.39 is 45.4 Å². The van der Waals surface area contributed by atoms with Gasteiger partial charge in [-0.3, -0.25) is 0 Å². The van der Waals surface area contributed by atoms with Crippen molar-refractivity contribution in [3.8, 4) is 6.07 Å². The van der Waals surface area contributed by atoms with E-state index in [0.29, 0.717) is 87.5 Å². The minimum atomic E-state index is -1.04. The van der Waals surface area contributed by atoms with Crippen LogP contribution in [0.4, 0.5) is 44.5 Å². The van der Waals surface area contributed by atoms with Crippen LogP contribution in [0.3, 0.4) is 0 Å². The van der Waals surface area contributed by atoms with Gasteiger partial charge in [-0.25, -0.2) is 87.3 Å². The Labute approximate surface area is 874 Å². The number of ether oxygens (including phenoxy) is 2. The number of amides is 2. The molecule has 0 aromatic carbocycles. The molecule has 3 spiro atoms. The second-order valence-corrected chi connectivity index (χ2v) is 48.2. The number of hydrogen-bond donors (Lipinski definition) is 7. The number of nitrogen functional groups attached to an aromatic ring is 3. The molecule has 3 saturated heterocycles. The zero-order valence-electron chi connectivity index (χ0n) is 71.8. The largest absolute Gasteiger partial charge is 0.443 e. The summed E-state index contributed by atoms with van der Waals surface area (Å²) >= 11 is 48.2. The first-order valence-corrected chi connectivity index (χ1v) is 51.7. The maximum absolute atomic E-state index is 12.9. The fourth-order valence-electron chi connectivity index (χ4n) is 15.1. The van der Waals surface area contributed by atoms with E-state index in [1.807, 2.05) is 76.4 Å². The molecule has 3 aliphatic heterocycles. The van der Waals surface area contributed by atoms with Crippen molar-refractivity contribution in [1.29, 1.82) is 5.26 Å². The third-order valence-electron chi connectivity index (χ3n) is 21.7. The van der Waals surface area contributed by atoms with Gasteiger partial charge in [0.05, 0.1) is 76.3 Å². The first-order valence-electron chi connectivity index (χ1n) is 40.6. The van der Waals surface area contributed by atoms with Crippen LogP contribution < -0.4 is 52.4 Å². The van der Waals surface area contributed by atoms with Gasteiger partial charge >= 0.3 is 12.2 Å². The Bertz CT molecular complexity index is 5230. The van der Waals surface area contributed by atoms with E-state index in [2.05, 4.69) is 131 Å². The zero-order valence-corrected chi connectivity index (χ0v) is 87.7. The molecule has 5 atom stereocenters. The number of anilines is 6. The molecular formula is C88H128Cl6I3N23O6S6. The van der Waals surface area contributed by atoms with Gasteiger partial charge in [0, 0.05) is 88.7 Å². The van der Waals surface area contributed by atoms with Crippen molar-refractivity contribution in [2.75, 3.05) is 71.2 Å². The topological polar surface area (TPSA) is 415 Å². The Morgan fingerprint density at radius 2 is 0.818 bits per heavy atom. The molecule has 3 aliphatic carbocycles. The average molecular weight is 2390 g/mol. The minimum absolute atomic E-state index is 0. The van der Waals surface area contributed by atoms with E-state index in [1.165, 1.54) is 123 Å². The van der Waals surface area contributed by atoms with Crippen molar-refractivity contribution in [2.45, 2.75) is 302 Å². The lowest BCUT2D eigenvalue weighted by molar-refractivity contribution is 0.0428. The smallest absolute Gasteiger partial charge is 0.425 e. The summed E-state index contributed by atoms with van der Waals surface area (Å²) in [6.45, 7) is 28.2. The molecule has 3 saturated carbocycles. The number of nitrogens with zero attached hydrogens (tertiary/aromatic N) is 16. The molecule has 8 aromatic rings. The lowest BCUT2D eigenvalue weighted by atomic mass is 9.74. The maximum Gasteiger partial charge on any atom is 0.425 e. The summed E-state index contributed by atoms with van der Waals surface area (Å²) in [4.78, 5) is 84.9. The molecule has 0 radical (unpaired) electrons. The van der Waals surface area contributed by atoms with Gasteiger partial charge in [0.2, 0.25) is 0 Å². The van der Waals surface area contributed by atoms with Crippen molar-refractivity contribution in [1.82, 2.24) is 74.6 Å². The SMILES string of the molecule is C.C.C.C.C.C.CC(C)(C)OC(=O)N(C(=O)OC(C)(C)C)c1nccc(Sc2ncc(Cl)nc2I)c1Cl.CC(C)(C)[S@@](=O)N[C@@H]1CCCC12CCN(c1cnc(Sc3ccnc(N)c3Cl)c(I)n1)CC2.CC(C)(C)[S@@](=O)N[C@@H]1CCCC12CCNCC2.N#Cc1nc(N2CCC3(CCC[C@H]3N)CC2)cnc1Sc1ccnc(N)c1Cl.Nc1nccc(Sc2ncc(Cl)nc2I)c1Cl. The van der Waals surface area contributed by atoms with E-state index in [1.54, 1.807) is 84.5 Å². The predicted octanol–water partition coefficient (Wildman–Crippen LogP) is 24.2. The summed E-state index contributed by atoms with van der Waals surface area (Å²) in [5.41, 5.74) is 23.1. The molecule has 0 unspecified atom stereocenters. The molecule has 132 heavy (non-hydrogen) atoms. The highest BCUT2D eigenvalue weighted by atomic mass is 127. The van der Waals surface area contributed by atoms with Gasteiger partial charge in [-0.15, -0.1) is 0 Å². The number of carbonyl (C=O) groups is 2. The molecule has 11 heterocycles. The van der Waals surface area contributed by atoms with E-state index in [4.69, 9.17) is 107 Å². The molecule has 0 bridgehead atoms. The van der Waals surface area contributed by atoms with E-state index >= 15 is 0 Å². The van der Waals surface area contributed by atoms with E-state index in [9.17, 15) is 23.3 Å². The highest BCUT2D eigenvalue weighted by Gasteiger charge is 2.48. The number of hydrogen-bond acceptors (Lipinski definition) is 30. The fraction of sp³-hybridized carbons (Fsp3) is 0.557. The first-order chi connectivity index (χ1) is 59.3. The number of halogens is 9. The highest BCUT2D eigenvalue weighted by molar-refractivity contribution is 14.1. The van der Waals surface area contributed by atoms with Crippen molar-refractivity contribution in [3.63, 3.8) is 0 Å². The van der Waals surface area contributed by atoms with Gasteiger partial charge in [0.15, 0.2) is 11.5 Å². The number of rotatable bonds is 15. The minimum Gasteiger partial charge on any atom is -0.443 e. The van der Waals surface area contributed by atoms with Crippen LogP contribution in [0.15, 0.2) is 114 Å². The average Bonchev–Trinajstić information content (AvgIpc) is 1.55. The molecule has 29 nitrogen and oxygen atoms in total. The molecule has 730 valence electrons.